The van der Waals surface area contributed by atoms with Crippen LogP contribution in [0.25, 0.3) is 0 Å². The van der Waals surface area contributed by atoms with Gasteiger partial charge in [0, 0.05) is 36.9 Å². The summed E-state index contributed by atoms with van der Waals surface area (Å²) in [6.45, 7) is 6.28. The van der Waals surface area contributed by atoms with Crippen molar-refractivity contribution in [2.24, 2.45) is 0 Å². The summed E-state index contributed by atoms with van der Waals surface area (Å²) < 4.78 is 22.8. The summed E-state index contributed by atoms with van der Waals surface area (Å²) in [6, 6.07) is 0. The van der Waals surface area contributed by atoms with Gasteiger partial charge in [0.25, 0.3) is 0 Å². The first-order chi connectivity index (χ1) is 12.7. The Hall–Kier alpha value is -1.48. The van der Waals surface area contributed by atoms with E-state index in [9.17, 15) is 0 Å². The second kappa shape index (κ2) is 8.04. The average Bonchev–Trinajstić information content (AvgIpc) is 3.25. The summed E-state index contributed by atoms with van der Waals surface area (Å²) in [5.41, 5.74) is 0. The van der Waals surface area contributed by atoms with Crippen LogP contribution in [0.15, 0.2) is 10.8 Å². The maximum Gasteiger partial charge on any atom is 0.176 e. The number of rotatable bonds is 7. The van der Waals surface area contributed by atoms with Crippen LogP contribution in [0, 0.1) is 0 Å². The van der Waals surface area contributed by atoms with Crippen molar-refractivity contribution in [2.45, 2.75) is 13.1 Å². The molecule has 142 valence electrons. The Bertz CT molecular complexity index is 683. The van der Waals surface area contributed by atoms with Crippen LogP contribution in [0.4, 0.5) is 0 Å². The minimum atomic E-state index is 0.639. The number of thiophene rings is 2. The summed E-state index contributed by atoms with van der Waals surface area (Å²) in [7, 11) is 4.29. The Morgan fingerprint density at radius 1 is 0.731 bits per heavy atom. The van der Waals surface area contributed by atoms with E-state index in [2.05, 4.69) is 23.9 Å². The van der Waals surface area contributed by atoms with Crippen molar-refractivity contribution >= 4 is 22.7 Å². The Morgan fingerprint density at radius 2 is 1.15 bits per heavy atom. The zero-order valence-electron chi connectivity index (χ0n) is 15.2. The van der Waals surface area contributed by atoms with Gasteiger partial charge < -0.3 is 18.9 Å². The van der Waals surface area contributed by atoms with Crippen LogP contribution in [-0.4, -0.2) is 63.4 Å². The Labute approximate surface area is 161 Å². The van der Waals surface area contributed by atoms with E-state index >= 15 is 0 Å². The van der Waals surface area contributed by atoms with Gasteiger partial charge in [-0.1, -0.05) is 0 Å². The third-order valence-electron chi connectivity index (χ3n) is 4.44. The second-order valence-corrected chi connectivity index (χ2v) is 8.50. The number of nitrogens with zero attached hydrogens (tertiary/aromatic N) is 2. The Kier molecular flexibility index (Phi) is 5.54. The normalized spacial score (nSPS) is 15.7. The number of hydrogen-bond acceptors (Lipinski definition) is 8. The van der Waals surface area contributed by atoms with Crippen LogP contribution in [0.1, 0.15) is 9.75 Å². The molecule has 0 aromatic carbocycles. The molecule has 0 saturated heterocycles. The van der Waals surface area contributed by atoms with E-state index < -0.39 is 0 Å². The molecule has 2 aromatic rings. The quantitative estimate of drug-likeness (QED) is 0.717. The molecule has 2 aromatic heterocycles. The summed E-state index contributed by atoms with van der Waals surface area (Å²) in [5.74, 6) is 3.66. The van der Waals surface area contributed by atoms with Crippen LogP contribution in [0.2, 0.25) is 0 Å². The molecule has 0 bridgehead atoms. The van der Waals surface area contributed by atoms with E-state index in [4.69, 9.17) is 18.9 Å². The van der Waals surface area contributed by atoms with Gasteiger partial charge in [0.15, 0.2) is 23.0 Å². The number of fused-ring (bicyclic) bond motifs is 2. The van der Waals surface area contributed by atoms with Crippen LogP contribution in [-0.2, 0) is 13.1 Å². The molecule has 2 aliphatic heterocycles. The van der Waals surface area contributed by atoms with E-state index in [1.54, 1.807) is 22.7 Å². The van der Waals surface area contributed by atoms with Crippen molar-refractivity contribution in [1.29, 1.82) is 0 Å². The van der Waals surface area contributed by atoms with Crippen molar-refractivity contribution < 1.29 is 18.9 Å². The number of likely N-dealkylation sites (N-methyl/N-ethyl adjacent to an activating group) is 2. The fourth-order valence-corrected chi connectivity index (χ4v) is 5.01. The summed E-state index contributed by atoms with van der Waals surface area (Å²) >= 11 is 3.43. The van der Waals surface area contributed by atoms with Gasteiger partial charge in [0.2, 0.25) is 0 Å². The zero-order valence-corrected chi connectivity index (χ0v) is 16.8. The molecule has 8 heteroatoms. The molecule has 26 heavy (non-hydrogen) atoms. The molecule has 0 fully saturated rings. The van der Waals surface area contributed by atoms with Crippen molar-refractivity contribution in [3.8, 4) is 23.0 Å². The van der Waals surface area contributed by atoms with Gasteiger partial charge >= 0.3 is 0 Å². The van der Waals surface area contributed by atoms with Gasteiger partial charge in [-0.15, -0.1) is 22.7 Å². The first-order valence-electron chi connectivity index (χ1n) is 8.79. The molecule has 0 atom stereocenters. The molecule has 0 unspecified atom stereocenters. The summed E-state index contributed by atoms with van der Waals surface area (Å²) in [4.78, 5) is 7.12. The average molecular weight is 397 g/mol. The highest BCUT2D eigenvalue weighted by Gasteiger charge is 2.21. The molecular formula is C18H24N2O4S2. The molecular weight excluding hydrogens is 372 g/mol. The highest BCUT2D eigenvalue weighted by Crippen LogP contribution is 2.40. The van der Waals surface area contributed by atoms with E-state index in [0.29, 0.717) is 26.4 Å². The lowest BCUT2D eigenvalue weighted by molar-refractivity contribution is 0.168. The molecule has 0 radical (unpaired) electrons. The van der Waals surface area contributed by atoms with Crippen LogP contribution < -0.4 is 18.9 Å². The largest absolute Gasteiger partial charge is 0.485 e. The Morgan fingerprint density at radius 3 is 1.62 bits per heavy atom. The van der Waals surface area contributed by atoms with Crippen LogP contribution in [0.5, 0.6) is 23.0 Å². The molecule has 0 saturated carbocycles. The van der Waals surface area contributed by atoms with Gasteiger partial charge in [-0.3, -0.25) is 9.80 Å². The molecule has 4 heterocycles. The Balaban J connectivity index is 1.27. The van der Waals surface area contributed by atoms with Crippen molar-refractivity contribution in [2.75, 3.05) is 53.6 Å². The number of ether oxygens (including phenoxy) is 4. The molecule has 0 N–H and O–H groups in total. The van der Waals surface area contributed by atoms with E-state index in [1.165, 1.54) is 9.75 Å². The minimum Gasteiger partial charge on any atom is -0.485 e. The lowest BCUT2D eigenvalue weighted by Crippen LogP contribution is -2.30. The standard InChI is InChI=1S/C18H24N2O4S2/c1-19(9-15-17-13(11-25-15)21-5-7-23-17)3-4-20(2)10-16-18-14(12-26-16)22-6-8-24-18/h11-12H,3-10H2,1-2H3. The van der Waals surface area contributed by atoms with Gasteiger partial charge in [-0.05, 0) is 14.1 Å². The fraction of sp³-hybridized carbons (Fsp3) is 0.556. The SMILES string of the molecule is CN(CCN(C)Cc1scc2c1OCCO2)Cc1scc2c1OCCO2. The van der Waals surface area contributed by atoms with Crippen LogP contribution >= 0.6 is 22.7 Å². The van der Waals surface area contributed by atoms with Crippen molar-refractivity contribution in [1.82, 2.24) is 9.80 Å². The van der Waals surface area contributed by atoms with Crippen LogP contribution in [0.3, 0.4) is 0 Å². The van der Waals surface area contributed by atoms with E-state index in [-0.39, 0.29) is 0 Å². The smallest absolute Gasteiger partial charge is 0.176 e. The van der Waals surface area contributed by atoms with Gasteiger partial charge in [0.05, 0.1) is 9.75 Å². The highest BCUT2D eigenvalue weighted by molar-refractivity contribution is 7.10. The molecule has 2 aliphatic rings. The third kappa shape index (κ3) is 3.93. The predicted octanol–water partition coefficient (Wildman–Crippen LogP) is 2.92. The second-order valence-electron chi connectivity index (χ2n) is 6.57. The maximum atomic E-state index is 5.77. The minimum absolute atomic E-state index is 0.639. The summed E-state index contributed by atoms with van der Waals surface area (Å²) in [6.07, 6.45) is 0. The molecule has 4 rings (SSSR count). The van der Waals surface area contributed by atoms with Crippen molar-refractivity contribution in [3.63, 3.8) is 0 Å². The third-order valence-corrected chi connectivity index (χ3v) is 6.30. The molecule has 0 aliphatic carbocycles. The highest BCUT2D eigenvalue weighted by atomic mass is 32.1. The lowest BCUT2D eigenvalue weighted by atomic mass is 10.3. The van der Waals surface area contributed by atoms with Gasteiger partial charge in [-0.25, -0.2) is 0 Å². The zero-order chi connectivity index (χ0) is 17.9. The van der Waals surface area contributed by atoms with E-state index in [0.717, 1.165) is 49.2 Å². The van der Waals surface area contributed by atoms with Gasteiger partial charge in [0.1, 0.15) is 26.4 Å². The molecule has 0 spiro atoms. The fourth-order valence-electron chi connectivity index (χ4n) is 3.04. The molecule has 0 amide bonds. The van der Waals surface area contributed by atoms with Gasteiger partial charge in [-0.2, -0.15) is 0 Å². The monoisotopic (exact) mass is 396 g/mol. The van der Waals surface area contributed by atoms with Crippen molar-refractivity contribution in [3.05, 3.63) is 20.5 Å². The molecule has 6 nitrogen and oxygen atoms in total. The summed E-state index contributed by atoms with van der Waals surface area (Å²) in [5, 5.41) is 4.09. The topological polar surface area (TPSA) is 43.4 Å². The maximum absolute atomic E-state index is 5.77. The first kappa shape index (κ1) is 17.9. The van der Waals surface area contributed by atoms with E-state index in [1.807, 2.05) is 10.8 Å². The first-order valence-corrected chi connectivity index (χ1v) is 10.6. The number of hydrogen-bond donors (Lipinski definition) is 0. The lowest BCUT2D eigenvalue weighted by Gasteiger charge is -2.23. The predicted molar refractivity (Wildman–Crippen MR) is 103 cm³/mol.